The number of aryl methyl sites for hydroxylation is 3. The number of H-pyrrole nitrogens is 2. The fourth-order valence-corrected chi connectivity index (χ4v) is 7.98. The van der Waals surface area contributed by atoms with Gasteiger partial charge in [0.25, 0.3) is 0 Å². The van der Waals surface area contributed by atoms with Crippen LogP contribution >= 0.6 is 57.8 Å². The molecule has 17 heteroatoms. The van der Waals surface area contributed by atoms with Crippen LogP contribution in [0.15, 0.2) is 55.1 Å². The van der Waals surface area contributed by atoms with Crippen molar-refractivity contribution in [1.29, 1.82) is 0 Å². The largest absolute Gasteiger partial charge is 0.506 e. The second kappa shape index (κ2) is 115. The minimum absolute atomic E-state index is 0.0509. The molecule has 1 unspecified atom stereocenters. The van der Waals surface area contributed by atoms with Crippen LogP contribution in [0.1, 0.15) is 363 Å². The molecule has 102 heavy (non-hydrogen) atoms. The standard InChI is InChI=1S/C10H23NO.C10H11N.C8H8I2O.C6H15N.C6H14O.C6H14.C5H8N2.2C5H12.C4H9NO.C4H11N.2C4H10.C3H7NO.C3H8S.C2H6Se/c1-2-3-4-5-6-7-10(12)8-9-11;1-2-8-7-11-10-6-4-3-5-9(8)10;1-2-5-3-6(9)8(11)7(10)4-5;1-3-4-5-6-7-2;1-3-5-6(7)4-2;1-3-5-6-4-2;1-2-5-3-6-4-7-5;2*1-4-5(2)3;1-2-3-4(5)6;1-2-3-4-5;1-4(2)3;1-3-4-2;1-2-3(4)5;1-2-3-4;1-2-3/h10,12H,2-9,11H2,1H3;3-7,11H,2H2,1H3;3-4,11H,2H2,1H3;7H,3-6H2,1-2H3;6-7H,3-5H2,1-2H3;3-6H2,1-2H3;3-4H,2H2,1H3,(H,6,7);2*5H,4H2,1-3H3;2-3H2,1H3,(H2,5,6);2-5H2,1H3;4H,1-3H3;3-4H2,1-2H3;2H2,1H3,(H2,4,5);4H,2-3H2,1H3;3H,2H2,1H3/t10-;;;;;;;;;;;;;;;/m1.............../s1. The molecule has 2 amide bonds. The number of carbonyl (C=O) groups is 2. The van der Waals surface area contributed by atoms with E-state index in [-0.39, 0.29) is 24.0 Å². The van der Waals surface area contributed by atoms with Crippen LogP contribution in [0.5, 0.6) is 5.75 Å². The Morgan fingerprint density at radius 2 is 0.990 bits per heavy atom. The Morgan fingerprint density at radius 3 is 1.25 bits per heavy atom. The minimum Gasteiger partial charge on any atom is -0.506 e. The zero-order valence-electron chi connectivity index (χ0n) is 71.9. The summed E-state index contributed by atoms with van der Waals surface area (Å²) in [5, 5.41) is 33.2. The molecule has 2 aromatic heterocycles. The van der Waals surface area contributed by atoms with Crippen LogP contribution in [0.25, 0.3) is 10.9 Å². The first-order chi connectivity index (χ1) is 48.4. The monoisotopic (exact) mass is 1760 g/mol. The molecule has 13 nitrogen and oxygen atoms in total. The van der Waals surface area contributed by atoms with Gasteiger partial charge in [-0.25, -0.2) is 4.98 Å². The van der Waals surface area contributed by atoms with E-state index >= 15 is 0 Å². The molecular weight excluding hydrogens is 1580 g/mol. The van der Waals surface area contributed by atoms with Crippen molar-refractivity contribution in [3.63, 3.8) is 0 Å². The van der Waals surface area contributed by atoms with E-state index < -0.39 is 0 Å². The minimum atomic E-state index is -0.245. The van der Waals surface area contributed by atoms with E-state index in [0.29, 0.717) is 25.1 Å². The van der Waals surface area contributed by atoms with E-state index in [9.17, 15) is 19.8 Å². The quantitative estimate of drug-likeness (QED) is 0.0103. The number of para-hydroxylation sites is 1. The van der Waals surface area contributed by atoms with Gasteiger partial charge >= 0.3 is 28.3 Å². The number of hydrogen-bond donors (Lipinski definition) is 11. The van der Waals surface area contributed by atoms with Gasteiger partial charge in [-0.15, -0.1) is 0 Å². The molecule has 0 bridgehead atoms. The van der Waals surface area contributed by atoms with Gasteiger partial charge in [0, 0.05) is 41.8 Å². The molecule has 0 fully saturated rings. The number of primary amides is 2. The Kier molecular flexibility index (Phi) is 143. The van der Waals surface area contributed by atoms with Crippen molar-refractivity contribution < 1.29 is 24.9 Å². The third-order valence-electron chi connectivity index (χ3n) is 13.5. The zero-order valence-corrected chi connectivity index (χ0v) is 79.0. The van der Waals surface area contributed by atoms with Crippen LogP contribution in [-0.2, 0) is 28.9 Å². The Balaban J connectivity index is -0.0000000861. The number of hydrogen-bond acceptors (Lipinski definition) is 10. The molecule has 0 spiro atoms. The fraction of sp³-hybridized carbons (Fsp3) is 0.776. The van der Waals surface area contributed by atoms with Crippen molar-refractivity contribution in [2.24, 2.45) is 40.7 Å². The molecule has 0 radical (unpaired) electrons. The fourth-order valence-electron chi connectivity index (χ4n) is 6.08. The number of halogens is 2. The van der Waals surface area contributed by atoms with Crippen LogP contribution < -0.4 is 28.3 Å². The van der Waals surface area contributed by atoms with E-state index in [4.69, 9.17) is 22.3 Å². The van der Waals surface area contributed by atoms with E-state index in [1.807, 2.05) is 39.2 Å². The van der Waals surface area contributed by atoms with Crippen molar-refractivity contribution in [2.45, 2.75) is 383 Å². The number of amides is 2. The predicted octanol–water partition coefficient (Wildman–Crippen LogP) is 24.6. The summed E-state index contributed by atoms with van der Waals surface area (Å²) < 4.78 is 1.87. The van der Waals surface area contributed by atoms with Crippen LogP contribution in [0.2, 0.25) is 5.32 Å². The Morgan fingerprint density at radius 1 is 0.559 bits per heavy atom. The number of benzene rings is 2. The average molecular weight is 1760 g/mol. The number of aromatic nitrogens is 3. The zero-order chi connectivity index (χ0) is 81.6. The normalized spacial score (nSPS) is 9.89. The molecule has 614 valence electrons. The van der Waals surface area contributed by atoms with Crippen LogP contribution in [0, 0.1) is 24.9 Å². The number of nitrogens with two attached hydrogens (primary N) is 4. The topological polar surface area (TPSA) is 255 Å². The van der Waals surface area contributed by atoms with Gasteiger partial charge in [0.15, 0.2) is 0 Å². The number of imidazole rings is 1. The Hall–Kier alpha value is -1.94. The molecule has 2 heterocycles. The van der Waals surface area contributed by atoms with Crippen LogP contribution in [0.3, 0.4) is 0 Å². The molecule has 0 saturated heterocycles. The molecule has 4 aromatic rings. The number of nitrogens with zero attached hydrogens (tertiary/aromatic N) is 1. The first-order valence-corrected chi connectivity index (χ1v) is 44.4. The van der Waals surface area contributed by atoms with E-state index in [2.05, 4.69) is 283 Å². The number of aromatic amines is 2. The van der Waals surface area contributed by atoms with Gasteiger partial charge in [0.05, 0.1) is 25.7 Å². The van der Waals surface area contributed by atoms with Crippen molar-refractivity contribution in [1.82, 2.24) is 20.3 Å². The summed E-state index contributed by atoms with van der Waals surface area (Å²) >= 11 is 10.7. The predicted molar refractivity (Wildman–Crippen MR) is 487 cm³/mol. The summed E-state index contributed by atoms with van der Waals surface area (Å²) in [6.07, 6.45) is 39.7. The number of fused-ring (bicyclic) bond motifs is 1. The van der Waals surface area contributed by atoms with E-state index in [0.717, 1.165) is 101 Å². The number of aliphatic hydroxyl groups excluding tert-OH is 2. The second-order valence-electron chi connectivity index (χ2n) is 25.8. The molecule has 4 rings (SSSR count). The van der Waals surface area contributed by atoms with E-state index in [1.165, 1.54) is 155 Å². The number of rotatable bonds is 30. The number of unbranched alkanes of at least 4 members (excludes halogenated alkanes) is 11. The number of phenols is 1. The molecule has 14 N–H and O–H groups in total. The number of thiol groups is 1. The number of aliphatic hydroxyl groups is 2. The van der Waals surface area contributed by atoms with Gasteiger partial charge in [0.2, 0.25) is 11.8 Å². The summed E-state index contributed by atoms with van der Waals surface area (Å²) in [7, 11) is 2.00. The first-order valence-electron chi connectivity index (χ1n) is 40.3. The SMILES string of the molecule is CC(C)C.CCC(C)C.CCC(C)C.CCC(N)=O.CCCC.CCCC(N)=O.CCCC(O)CC.CCCCCC.CCCCCCC[C@@H](O)CCN.CCCCCNC.CCCCN.CCCS.CC[SeH].CCc1c[nH]c2ccccc12.CCc1cc(I)c(O)c(I)c1.CCc1cnc[nH]1. The Labute approximate surface area is 677 Å². The summed E-state index contributed by atoms with van der Waals surface area (Å²) in [4.78, 5) is 29.5. The number of phenolic OH excluding ortho intramolecular Hbond substituents is 1. The maximum atomic E-state index is 9.82. The van der Waals surface area contributed by atoms with Gasteiger partial charge < -0.3 is 53.5 Å². The summed E-state index contributed by atoms with van der Waals surface area (Å²) in [5.74, 6) is 3.57. The summed E-state index contributed by atoms with van der Waals surface area (Å²) in [6, 6.07) is 12.4. The molecule has 2 atom stereocenters. The molecule has 0 aliphatic rings. The van der Waals surface area contributed by atoms with E-state index in [1.54, 1.807) is 13.3 Å². The van der Waals surface area contributed by atoms with Crippen molar-refractivity contribution in [2.75, 3.05) is 32.4 Å². The van der Waals surface area contributed by atoms with Gasteiger partial charge in [-0.1, -0.05) is 294 Å². The summed E-state index contributed by atoms with van der Waals surface area (Å²) in [6.45, 7) is 56.1. The number of aromatic hydroxyl groups is 1. The molecular formula is C85H178I2N8O5SSe. The Bertz CT molecular complexity index is 2000. The molecule has 0 aliphatic carbocycles. The number of nitrogens with one attached hydrogen (secondary N) is 3. The van der Waals surface area contributed by atoms with Crippen LogP contribution in [-0.4, -0.2) is 103 Å². The third-order valence-corrected chi connectivity index (χ3v) is 15.5. The second-order valence-corrected chi connectivity index (χ2v) is 29.9. The smallest absolute Gasteiger partial charge is 0.142 e. The average Bonchev–Trinajstić information content (AvgIpc) is 1.60. The molecule has 0 saturated carbocycles. The maximum Gasteiger partial charge on any atom is 0.142 e. The van der Waals surface area contributed by atoms with Gasteiger partial charge in [-0.3, -0.25) is 9.59 Å². The molecule has 0 aliphatic heterocycles. The van der Waals surface area contributed by atoms with Crippen molar-refractivity contribution in [3.05, 3.63) is 79.1 Å². The van der Waals surface area contributed by atoms with Crippen molar-refractivity contribution >= 4 is 96.5 Å². The maximum absolute atomic E-state index is 9.82. The van der Waals surface area contributed by atoms with Crippen LogP contribution in [0.4, 0.5) is 0 Å². The summed E-state index contributed by atoms with van der Waals surface area (Å²) in [5.41, 5.74) is 25.0. The van der Waals surface area contributed by atoms with Gasteiger partial charge in [0.1, 0.15) is 5.75 Å². The molecule has 2 aromatic carbocycles. The van der Waals surface area contributed by atoms with Crippen molar-refractivity contribution in [3.8, 4) is 5.75 Å². The number of carbonyl (C=O) groups excluding carboxylic acids is 2. The van der Waals surface area contributed by atoms with Gasteiger partial charge in [-0.05, 0) is 195 Å². The van der Waals surface area contributed by atoms with Gasteiger partial charge in [-0.2, -0.15) is 12.6 Å². The third kappa shape index (κ3) is 137. The first kappa shape index (κ1) is 127.